The van der Waals surface area contributed by atoms with Crippen molar-refractivity contribution in [1.82, 2.24) is 9.55 Å². The summed E-state index contributed by atoms with van der Waals surface area (Å²) < 4.78 is 158. The van der Waals surface area contributed by atoms with Gasteiger partial charge in [0, 0.05) is 11.3 Å². The number of aromatic nitrogens is 2. The van der Waals surface area contributed by atoms with Crippen LogP contribution in [0.5, 0.6) is 0 Å². The molecular weight excluding hydrogens is 424 g/mol. The number of rotatable bonds is 3. The highest BCUT2D eigenvalue weighted by atomic mass is 15.1. The summed E-state index contributed by atoms with van der Waals surface area (Å²) in [5.74, 6) is -0.331. The Bertz CT molecular complexity index is 2690. The van der Waals surface area contributed by atoms with Gasteiger partial charge in [0.1, 0.15) is 5.82 Å². The predicted molar refractivity (Wildman–Crippen MR) is 147 cm³/mol. The topological polar surface area (TPSA) is 17.8 Å². The van der Waals surface area contributed by atoms with Gasteiger partial charge in [0.25, 0.3) is 0 Å². The predicted octanol–water partition coefficient (Wildman–Crippen LogP) is 8.67. The average Bonchev–Trinajstić information content (AvgIpc) is 3.52. The van der Waals surface area contributed by atoms with Crippen molar-refractivity contribution < 1.29 is 24.7 Å². The summed E-state index contributed by atoms with van der Waals surface area (Å²) in [5, 5.41) is -1.80. The summed E-state index contributed by atoms with van der Waals surface area (Å²) in [7, 11) is 0. The molecule has 1 aromatic heterocycles. The van der Waals surface area contributed by atoms with Gasteiger partial charge in [-0.05, 0) is 56.9 Å². The monoisotopic (exact) mass is 464 g/mol. The molecule has 2 heteroatoms. The quantitative estimate of drug-likeness (QED) is 0.239. The molecule has 2 nitrogen and oxygen atoms in total. The second kappa shape index (κ2) is 7.96. The smallest absolute Gasteiger partial charge is 0.146 e. The molecule has 0 radical (unpaired) electrons. The zero-order chi connectivity index (χ0) is 38.9. The highest BCUT2D eigenvalue weighted by molar-refractivity contribution is 6.21. The van der Waals surface area contributed by atoms with Crippen LogP contribution in [0.3, 0.4) is 0 Å². The Morgan fingerprint density at radius 2 is 1.06 bits per heavy atom. The standard InChI is InChI=1S/C33H22N2/c1-3-13-23(14-4-1)31-25-17-7-9-19-27(25)32(28-20-10-8-18-26(28)31)33-34-29-21-11-12-22-30(29)35(33)24-15-5-2-6-16-24/h1-22H/i1D,2D,3D,4D,5D,6D,7D,8D,9D,10D,13D,14D,15D,16D,17D,18D,19D,20D. The molecule has 6 aromatic carbocycles. The van der Waals surface area contributed by atoms with Gasteiger partial charge in [-0.25, -0.2) is 4.98 Å². The van der Waals surface area contributed by atoms with Gasteiger partial charge in [-0.3, -0.25) is 4.57 Å². The SMILES string of the molecule is [2H]c1c([2H])c([2H])c(-c2c3c([2H])c([2H])c([2H])c([2H])c3c(-c3nc4ccccc4n3-c3c([2H])c([2H])c([2H])c([2H])c3[2H])c3c([2H])c([2H])c([2H])c([2H])c23)c([2H])c1[2H]. The van der Waals surface area contributed by atoms with Crippen LogP contribution in [0.25, 0.3) is 60.8 Å². The highest BCUT2D eigenvalue weighted by Gasteiger charge is 2.21. The summed E-state index contributed by atoms with van der Waals surface area (Å²) in [6.07, 6.45) is 0. The van der Waals surface area contributed by atoms with Crippen molar-refractivity contribution in [2.75, 3.05) is 0 Å². The third-order valence-electron chi connectivity index (χ3n) is 5.62. The molecule has 0 amide bonds. The van der Waals surface area contributed by atoms with Gasteiger partial charge < -0.3 is 0 Å². The van der Waals surface area contributed by atoms with Crippen molar-refractivity contribution >= 4 is 32.6 Å². The van der Waals surface area contributed by atoms with Gasteiger partial charge in [0.15, 0.2) is 0 Å². The first kappa shape index (κ1) is 8.83. The molecule has 0 N–H and O–H groups in total. The maximum absolute atomic E-state index is 9.21. The Balaban J connectivity index is 1.90. The van der Waals surface area contributed by atoms with Crippen LogP contribution in [0.4, 0.5) is 0 Å². The summed E-state index contributed by atoms with van der Waals surface area (Å²) in [4.78, 5) is 4.71. The molecule has 164 valence electrons. The number of fused-ring (bicyclic) bond motifs is 3. The number of benzene rings is 6. The zero-order valence-electron chi connectivity index (χ0n) is 35.7. The molecule has 0 aliphatic rings. The summed E-state index contributed by atoms with van der Waals surface area (Å²) in [5.41, 5.74) is -1.51. The summed E-state index contributed by atoms with van der Waals surface area (Å²) in [6.45, 7) is 0. The largest absolute Gasteiger partial charge is 0.292 e. The third kappa shape index (κ3) is 3.08. The van der Waals surface area contributed by atoms with E-state index in [1.54, 1.807) is 12.1 Å². The van der Waals surface area contributed by atoms with Crippen LogP contribution in [0.15, 0.2) is 133 Å². The first-order chi connectivity index (χ1) is 24.9. The molecule has 0 unspecified atom stereocenters. The first-order valence-corrected chi connectivity index (χ1v) is 10.4. The van der Waals surface area contributed by atoms with Gasteiger partial charge in [-0.15, -0.1) is 0 Å². The molecule has 1 heterocycles. The summed E-state index contributed by atoms with van der Waals surface area (Å²) >= 11 is 0. The maximum Gasteiger partial charge on any atom is 0.146 e. The second-order valence-electron chi connectivity index (χ2n) is 7.48. The Morgan fingerprint density at radius 3 is 1.69 bits per heavy atom. The summed E-state index contributed by atoms with van der Waals surface area (Å²) in [6, 6.07) is -7.48. The lowest BCUT2D eigenvalue weighted by Crippen LogP contribution is -1.99. The zero-order valence-corrected chi connectivity index (χ0v) is 17.7. The molecular formula is C33H22N2. The molecule has 0 aliphatic heterocycles. The molecule has 0 saturated heterocycles. The van der Waals surface area contributed by atoms with Crippen LogP contribution in [0, 0.1) is 0 Å². The number of imidazole rings is 1. The van der Waals surface area contributed by atoms with E-state index in [4.69, 9.17) is 26.9 Å². The van der Waals surface area contributed by atoms with Crippen molar-refractivity contribution in [2.45, 2.75) is 0 Å². The van der Waals surface area contributed by atoms with Gasteiger partial charge in [0.2, 0.25) is 0 Å². The van der Waals surface area contributed by atoms with E-state index >= 15 is 0 Å². The van der Waals surface area contributed by atoms with Gasteiger partial charge >= 0.3 is 0 Å². The van der Waals surface area contributed by atoms with E-state index in [-0.39, 0.29) is 22.4 Å². The third-order valence-corrected chi connectivity index (χ3v) is 5.62. The normalized spacial score (nSPS) is 18.6. The fourth-order valence-electron chi connectivity index (χ4n) is 4.25. The van der Waals surface area contributed by atoms with Crippen molar-refractivity contribution in [3.8, 4) is 28.2 Å². The van der Waals surface area contributed by atoms with Gasteiger partial charge in [-0.1, -0.05) is 109 Å². The van der Waals surface area contributed by atoms with Crippen LogP contribution in [-0.2, 0) is 0 Å². The molecule has 35 heavy (non-hydrogen) atoms. The van der Waals surface area contributed by atoms with E-state index in [2.05, 4.69) is 0 Å². The maximum atomic E-state index is 9.21. The molecule has 0 aliphatic carbocycles. The molecule has 7 aromatic rings. The van der Waals surface area contributed by atoms with Crippen LogP contribution in [0.1, 0.15) is 24.7 Å². The Hall–Kier alpha value is -4.69. The van der Waals surface area contributed by atoms with E-state index in [1.165, 1.54) is 12.1 Å². The fraction of sp³-hybridized carbons (Fsp3) is 0. The minimum Gasteiger partial charge on any atom is -0.292 e. The van der Waals surface area contributed by atoms with Crippen molar-refractivity contribution in [1.29, 1.82) is 0 Å². The van der Waals surface area contributed by atoms with Crippen molar-refractivity contribution in [2.24, 2.45) is 0 Å². The van der Waals surface area contributed by atoms with E-state index in [0.717, 1.165) is 4.57 Å². The molecule has 0 saturated carbocycles. The number of nitrogens with zero attached hydrogens (tertiary/aromatic N) is 2. The average molecular weight is 465 g/mol. The van der Waals surface area contributed by atoms with E-state index in [9.17, 15) is 2.74 Å². The second-order valence-corrected chi connectivity index (χ2v) is 7.48. The van der Waals surface area contributed by atoms with Crippen LogP contribution in [-0.4, -0.2) is 9.55 Å². The highest BCUT2D eigenvalue weighted by Crippen LogP contribution is 2.44. The van der Waals surface area contributed by atoms with Crippen LogP contribution in [0.2, 0.25) is 0 Å². The van der Waals surface area contributed by atoms with E-state index < -0.39 is 147 Å². The van der Waals surface area contributed by atoms with Crippen molar-refractivity contribution in [3.05, 3.63) is 133 Å². The number of hydrogen-bond acceptors (Lipinski definition) is 1. The number of hydrogen-bond donors (Lipinski definition) is 0. The van der Waals surface area contributed by atoms with Crippen LogP contribution >= 0.6 is 0 Å². The fourth-order valence-corrected chi connectivity index (χ4v) is 4.25. The Morgan fingerprint density at radius 1 is 0.543 bits per heavy atom. The van der Waals surface area contributed by atoms with E-state index in [0.29, 0.717) is 0 Å². The van der Waals surface area contributed by atoms with Crippen molar-refractivity contribution in [3.63, 3.8) is 0 Å². The minimum atomic E-state index is -0.809. The molecule has 0 atom stereocenters. The van der Waals surface area contributed by atoms with Gasteiger partial charge in [0.05, 0.1) is 35.7 Å². The Labute approximate surface area is 229 Å². The number of para-hydroxylation sites is 3. The molecule has 0 fully saturated rings. The lowest BCUT2D eigenvalue weighted by atomic mass is 9.88. The lowest BCUT2D eigenvalue weighted by Gasteiger charge is -2.18. The van der Waals surface area contributed by atoms with E-state index in [1.807, 2.05) is 0 Å². The van der Waals surface area contributed by atoms with Gasteiger partial charge in [-0.2, -0.15) is 0 Å². The minimum absolute atomic E-state index is 0.165. The molecule has 0 spiro atoms. The Kier molecular flexibility index (Phi) is 2.01. The lowest BCUT2D eigenvalue weighted by molar-refractivity contribution is 1.11. The molecule has 7 rings (SSSR count). The first-order valence-electron chi connectivity index (χ1n) is 19.4. The molecule has 0 bridgehead atoms. The van der Waals surface area contributed by atoms with Crippen LogP contribution < -0.4 is 0 Å².